The maximum absolute atomic E-state index is 14.1. The van der Waals surface area contributed by atoms with Gasteiger partial charge in [0.1, 0.15) is 41.8 Å². The predicted octanol–water partition coefficient (Wildman–Crippen LogP) is 4.12. The lowest BCUT2D eigenvalue weighted by atomic mass is 10.0. The molecule has 0 saturated carbocycles. The monoisotopic (exact) mass is 665 g/mol. The van der Waals surface area contributed by atoms with Crippen LogP contribution >= 0.6 is 0 Å². The Morgan fingerprint density at radius 1 is 1.09 bits per heavy atom. The summed E-state index contributed by atoms with van der Waals surface area (Å²) in [7, 11) is -2.15. The summed E-state index contributed by atoms with van der Waals surface area (Å²) in [5.41, 5.74) is 8.59. The summed E-state index contributed by atoms with van der Waals surface area (Å²) in [5.74, 6) is -0.894. The summed E-state index contributed by atoms with van der Waals surface area (Å²) in [6, 6.07) is 16.7. The molecule has 1 aliphatic rings. The number of urea groups is 1. The summed E-state index contributed by atoms with van der Waals surface area (Å²) in [6.07, 6.45) is 2.42. The highest BCUT2D eigenvalue weighted by molar-refractivity contribution is 7.87. The minimum absolute atomic E-state index is 0.00156. The van der Waals surface area contributed by atoms with E-state index in [4.69, 9.17) is 14.4 Å². The molecule has 0 spiro atoms. The Kier molecular flexibility index (Phi) is 9.72. The number of carbonyl (C=O) groups excluding carboxylic acids is 2. The normalized spacial score (nSPS) is 18.3. The average Bonchev–Trinajstić information content (AvgIpc) is 3.47. The molecule has 1 fully saturated rings. The molecular formula is C33H36FN5O7S+2. The number of rotatable bonds is 10. The van der Waals surface area contributed by atoms with E-state index in [1.807, 2.05) is 7.05 Å². The number of primary amides is 1. The first-order chi connectivity index (χ1) is 22.3. The lowest BCUT2D eigenvalue weighted by Crippen LogP contribution is -2.56. The number of phenols is 1. The van der Waals surface area contributed by atoms with Gasteiger partial charge in [-0.2, -0.15) is 17.8 Å². The maximum atomic E-state index is 14.1. The van der Waals surface area contributed by atoms with E-state index in [2.05, 4.69) is 10.5 Å². The number of quaternary nitrogens is 1. The number of phenolic OH excluding ortho intramolecular Hbond substituents is 1. The van der Waals surface area contributed by atoms with E-state index in [-0.39, 0.29) is 34.4 Å². The Morgan fingerprint density at radius 2 is 1.74 bits per heavy atom. The lowest BCUT2D eigenvalue weighted by Gasteiger charge is -2.38. The number of amides is 3. The van der Waals surface area contributed by atoms with Gasteiger partial charge in [-0.05, 0) is 61.0 Å². The van der Waals surface area contributed by atoms with Gasteiger partial charge in [-0.15, -0.1) is 0 Å². The van der Waals surface area contributed by atoms with Crippen molar-refractivity contribution in [3.63, 3.8) is 0 Å². The van der Waals surface area contributed by atoms with Crippen LogP contribution in [0, 0.1) is 12.7 Å². The smallest absolute Gasteiger partial charge is 0.496 e. The number of aromatic hydroxyl groups is 1. The molecule has 1 aromatic heterocycles. The zero-order valence-electron chi connectivity index (χ0n) is 25.9. The molecule has 0 aliphatic carbocycles. The van der Waals surface area contributed by atoms with Crippen LogP contribution in [0.15, 0.2) is 88.4 Å². The van der Waals surface area contributed by atoms with Crippen molar-refractivity contribution in [1.29, 1.82) is 0 Å². The van der Waals surface area contributed by atoms with Crippen molar-refractivity contribution in [2.24, 2.45) is 5.73 Å². The van der Waals surface area contributed by atoms with E-state index >= 15 is 0 Å². The van der Waals surface area contributed by atoms with E-state index in [9.17, 15) is 27.5 Å². The Morgan fingerprint density at radius 3 is 2.36 bits per heavy atom. The number of piperidine rings is 1. The van der Waals surface area contributed by atoms with Crippen molar-refractivity contribution in [2.45, 2.75) is 43.7 Å². The number of nitrogens with zero attached hydrogens (tertiary/aromatic N) is 3. The van der Waals surface area contributed by atoms with Crippen LogP contribution in [0.2, 0.25) is 0 Å². The van der Waals surface area contributed by atoms with Gasteiger partial charge in [0.25, 0.3) is 5.91 Å². The lowest BCUT2D eigenvalue weighted by molar-refractivity contribution is -0.918. The molecule has 1 saturated heterocycles. The first-order valence-electron chi connectivity index (χ1n) is 14.9. The number of nitrogens with two attached hydrogens (primary N) is 1. The van der Waals surface area contributed by atoms with Crippen LogP contribution in [-0.4, -0.2) is 71.6 Å². The quantitative estimate of drug-likeness (QED) is 0.129. The van der Waals surface area contributed by atoms with Gasteiger partial charge in [0.05, 0.1) is 19.8 Å². The van der Waals surface area contributed by atoms with Gasteiger partial charge in [0.2, 0.25) is 0 Å². The highest BCUT2D eigenvalue weighted by atomic mass is 32.2. The molecule has 0 radical (unpaired) electrons. The number of aromatic nitrogens is 1. The molecule has 1 unspecified atom stereocenters. The molecule has 3 aromatic carbocycles. The van der Waals surface area contributed by atoms with Crippen LogP contribution in [0.3, 0.4) is 0 Å². The molecule has 0 bridgehead atoms. The van der Waals surface area contributed by atoms with Gasteiger partial charge in [0, 0.05) is 24.8 Å². The number of halogens is 1. The summed E-state index contributed by atoms with van der Waals surface area (Å²) < 4.78 is 50.8. The molecule has 3 amide bonds. The molecule has 4 aromatic rings. The SMILES string of the molecule is Cc1oncc1S(=O)(=O)Oc1ccc(NC(=O)/[N+](=C2\CCC[N+](C)(Cc3ccc(F)cc3)C2)[C@@H](Cc2ccc(O)cc2)C(N)=O)cc1. The molecule has 4 N–H and O–H groups in total. The first-order valence-corrected chi connectivity index (χ1v) is 16.3. The second-order valence-electron chi connectivity index (χ2n) is 11.9. The van der Waals surface area contributed by atoms with E-state index in [0.717, 1.165) is 24.7 Å². The van der Waals surface area contributed by atoms with Crippen LogP contribution in [0.4, 0.5) is 14.9 Å². The zero-order valence-corrected chi connectivity index (χ0v) is 26.7. The Bertz CT molecular complexity index is 1890. The largest absolute Gasteiger partial charge is 0.508 e. The fourth-order valence-electron chi connectivity index (χ4n) is 5.78. The number of benzene rings is 3. The van der Waals surface area contributed by atoms with Gasteiger partial charge >= 0.3 is 16.1 Å². The van der Waals surface area contributed by atoms with Crippen LogP contribution in [-0.2, 0) is 27.9 Å². The Balaban J connectivity index is 1.44. The Labute approximate surface area is 271 Å². The minimum atomic E-state index is -4.20. The van der Waals surface area contributed by atoms with Gasteiger partial charge in [-0.3, -0.25) is 4.79 Å². The fraction of sp³-hybridized carbons (Fsp3) is 0.273. The summed E-state index contributed by atoms with van der Waals surface area (Å²) >= 11 is 0. The highest BCUT2D eigenvalue weighted by Crippen LogP contribution is 2.24. The van der Waals surface area contributed by atoms with E-state index in [1.165, 1.54) is 60.0 Å². The number of carbonyl (C=O) groups is 2. The van der Waals surface area contributed by atoms with E-state index in [0.29, 0.717) is 41.0 Å². The molecule has 246 valence electrons. The number of hydrogen-bond acceptors (Lipinski definition) is 8. The maximum Gasteiger partial charge on any atom is 0.496 e. The zero-order chi connectivity index (χ0) is 33.8. The van der Waals surface area contributed by atoms with Crippen molar-refractivity contribution in [2.75, 3.05) is 25.5 Å². The molecule has 2 heterocycles. The van der Waals surface area contributed by atoms with Gasteiger partial charge < -0.3 is 24.0 Å². The molecule has 14 heteroatoms. The number of likely N-dealkylation sites (tertiary alicyclic amines) is 1. The topological polar surface area (TPSA) is 165 Å². The van der Waals surface area contributed by atoms with Crippen LogP contribution < -0.4 is 15.2 Å². The number of nitrogens with one attached hydrogen (secondary N) is 1. The molecule has 12 nitrogen and oxygen atoms in total. The van der Waals surface area contributed by atoms with Crippen molar-refractivity contribution >= 4 is 33.5 Å². The summed E-state index contributed by atoms with van der Waals surface area (Å²) in [5, 5.41) is 16.1. The average molecular weight is 666 g/mol. The summed E-state index contributed by atoms with van der Waals surface area (Å²) in [4.78, 5) is 26.9. The molecule has 2 atom stereocenters. The third-order valence-corrected chi connectivity index (χ3v) is 9.40. The van der Waals surface area contributed by atoms with Crippen LogP contribution in [0.1, 0.15) is 29.7 Å². The molecule has 47 heavy (non-hydrogen) atoms. The predicted molar refractivity (Wildman–Crippen MR) is 170 cm³/mol. The third kappa shape index (κ3) is 8.20. The first kappa shape index (κ1) is 33.3. The van der Waals surface area contributed by atoms with Crippen molar-refractivity contribution in [1.82, 2.24) is 5.16 Å². The molecule has 1 aliphatic heterocycles. The van der Waals surface area contributed by atoms with Crippen LogP contribution in [0.25, 0.3) is 0 Å². The fourth-order valence-corrected chi connectivity index (χ4v) is 6.80. The van der Waals surface area contributed by atoms with E-state index < -0.39 is 28.1 Å². The van der Waals surface area contributed by atoms with Gasteiger partial charge in [-0.25, -0.2) is 9.71 Å². The second kappa shape index (κ2) is 13.7. The number of aryl methyl sites for hydroxylation is 1. The highest BCUT2D eigenvalue weighted by Gasteiger charge is 2.39. The minimum Gasteiger partial charge on any atom is -0.508 e. The third-order valence-electron chi connectivity index (χ3n) is 8.06. The molecule has 5 rings (SSSR count). The van der Waals surface area contributed by atoms with Gasteiger partial charge in [-0.1, -0.05) is 29.4 Å². The summed E-state index contributed by atoms with van der Waals surface area (Å²) in [6.45, 7) is 3.26. The second-order valence-corrected chi connectivity index (χ2v) is 13.4. The van der Waals surface area contributed by atoms with E-state index in [1.54, 1.807) is 24.3 Å². The van der Waals surface area contributed by atoms with Crippen molar-refractivity contribution in [3.8, 4) is 11.5 Å². The van der Waals surface area contributed by atoms with Crippen molar-refractivity contribution in [3.05, 3.63) is 102 Å². The van der Waals surface area contributed by atoms with Crippen LogP contribution in [0.5, 0.6) is 11.5 Å². The number of hydrogen-bond donors (Lipinski definition) is 3. The van der Waals surface area contributed by atoms with Gasteiger partial charge in [0.15, 0.2) is 16.7 Å². The Hall–Kier alpha value is -5.08. The standard InChI is InChI=1S/C33H34FN5O7S/c1-22-31(19-36-45-22)47(43,44)46-29-15-11-26(12-16-29)37-33(42)38(30(32(35)41)18-23-7-13-28(40)14-8-23)27-4-3-17-39(2,21-27)20-24-5-9-25(34)10-6-24/h5-16,19,30H,3-4,17-18,20-21H2,1-2H3,(H2-2,35,37,40,41,42)/p+2/b38-27+/t30-,39?/m0/s1. The van der Waals surface area contributed by atoms with Crippen molar-refractivity contribution < 1.29 is 45.3 Å². The number of anilines is 1. The molecular weight excluding hydrogens is 629 g/mol.